The number of aliphatic hydroxyl groups is 1. The summed E-state index contributed by atoms with van der Waals surface area (Å²) >= 11 is 0. The van der Waals surface area contributed by atoms with Crippen LogP contribution in [0.25, 0.3) is 0 Å². The minimum absolute atomic E-state index is 0.0291. The molecular formula is C22H26F3NO3. The summed E-state index contributed by atoms with van der Waals surface area (Å²) in [5, 5.41) is 8.84. The van der Waals surface area contributed by atoms with E-state index in [4.69, 9.17) is 9.84 Å². The first kappa shape index (κ1) is 21.5. The Labute approximate surface area is 168 Å². The second kappa shape index (κ2) is 9.05. The Hall–Kier alpha value is -2.25. The van der Waals surface area contributed by atoms with Crippen LogP contribution >= 0.6 is 0 Å². The van der Waals surface area contributed by atoms with Gasteiger partial charge in [0.2, 0.25) is 0 Å². The summed E-state index contributed by atoms with van der Waals surface area (Å²) in [6, 6.07) is 11.4. The van der Waals surface area contributed by atoms with Gasteiger partial charge in [-0.15, -0.1) is 13.2 Å². The molecule has 1 N–H and O–H groups in total. The monoisotopic (exact) mass is 409 g/mol. The number of benzene rings is 2. The highest BCUT2D eigenvalue weighted by molar-refractivity contribution is 5.43. The number of hydrogen-bond acceptors (Lipinski definition) is 4. The van der Waals surface area contributed by atoms with Crippen molar-refractivity contribution in [3.8, 4) is 11.5 Å². The molecule has 0 saturated carbocycles. The molecule has 0 aliphatic carbocycles. The minimum Gasteiger partial charge on any atom is -0.487 e. The molecule has 0 unspecified atom stereocenters. The van der Waals surface area contributed by atoms with E-state index in [0.29, 0.717) is 12.5 Å². The van der Waals surface area contributed by atoms with Gasteiger partial charge in [-0.3, -0.25) is 4.90 Å². The Kier molecular flexibility index (Phi) is 6.70. The van der Waals surface area contributed by atoms with Gasteiger partial charge in [-0.2, -0.15) is 0 Å². The smallest absolute Gasteiger partial charge is 0.487 e. The first-order valence-electron chi connectivity index (χ1n) is 9.70. The van der Waals surface area contributed by atoms with Crippen LogP contribution < -0.4 is 9.47 Å². The predicted octanol–water partition coefficient (Wildman–Crippen LogP) is 4.60. The Balaban J connectivity index is 1.63. The van der Waals surface area contributed by atoms with Gasteiger partial charge in [0.1, 0.15) is 6.61 Å². The lowest BCUT2D eigenvalue weighted by atomic mass is 10.0. The van der Waals surface area contributed by atoms with Crippen molar-refractivity contribution in [2.24, 2.45) is 0 Å². The standard InChI is InChI=1S/C22H26F3NO3/c1-15-3-7-18-13-26(14-19(18)11-15)16(2)4-5-17-6-8-20(28-10-9-27)21(12-17)29-22(23,24)25/h3,6-8,11-12,16,27H,4-5,9-10,13-14H2,1-2H3/t16-/m1/s1. The van der Waals surface area contributed by atoms with Gasteiger partial charge in [0.05, 0.1) is 6.61 Å². The number of rotatable bonds is 8. The number of nitrogens with zero attached hydrogens (tertiary/aromatic N) is 1. The van der Waals surface area contributed by atoms with Gasteiger partial charge in [-0.25, -0.2) is 0 Å². The summed E-state index contributed by atoms with van der Waals surface area (Å²) in [6.07, 6.45) is -3.36. The quantitative estimate of drug-likeness (QED) is 0.692. The van der Waals surface area contributed by atoms with Gasteiger partial charge in [0, 0.05) is 19.1 Å². The maximum atomic E-state index is 12.7. The van der Waals surface area contributed by atoms with Crippen LogP contribution in [-0.2, 0) is 19.5 Å². The lowest BCUT2D eigenvalue weighted by Gasteiger charge is -2.24. The zero-order chi connectivity index (χ0) is 21.0. The van der Waals surface area contributed by atoms with Crippen LogP contribution in [0.15, 0.2) is 36.4 Å². The molecule has 1 aliphatic heterocycles. The zero-order valence-electron chi connectivity index (χ0n) is 16.6. The van der Waals surface area contributed by atoms with E-state index in [0.717, 1.165) is 25.1 Å². The average molecular weight is 409 g/mol. The van der Waals surface area contributed by atoms with Crippen molar-refractivity contribution in [2.75, 3.05) is 13.2 Å². The van der Waals surface area contributed by atoms with Gasteiger partial charge in [-0.05, 0) is 55.5 Å². The average Bonchev–Trinajstić information content (AvgIpc) is 3.07. The summed E-state index contributed by atoms with van der Waals surface area (Å²) in [5.41, 5.74) is 4.69. The first-order chi connectivity index (χ1) is 13.7. The van der Waals surface area contributed by atoms with Gasteiger partial charge < -0.3 is 14.6 Å². The van der Waals surface area contributed by atoms with E-state index in [2.05, 4.69) is 41.7 Å². The van der Waals surface area contributed by atoms with Gasteiger partial charge in [-0.1, -0.05) is 29.8 Å². The molecule has 2 aromatic carbocycles. The summed E-state index contributed by atoms with van der Waals surface area (Å²) < 4.78 is 47.4. The van der Waals surface area contributed by atoms with Crippen LogP contribution in [0.2, 0.25) is 0 Å². The van der Waals surface area contributed by atoms with Gasteiger partial charge in [0.15, 0.2) is 11.5 Å². The highest BCUT2D eigenvalue weighted by atomic mass is 19.4. The number of aliphatic hydroxyl groups excluding tert-OH is 1. The SMILES string of the molecule is Cc1ccc2c(c1)CN([C@H](C)CCc1ccc(OCCO)c(OC(F)(F)F)c1)C2. The third-order valence-corrected chi connectivity index (χ3v) is 5.17. The Morgan fingerprint density at radius 2 is 1.83 bits per heavy atom. The van der Waals surface area contributed by atoms with E-state index in [1.54, 1.807) is 6.07 Å². The Morgan fingerprint density at radius 1 is 1.07 bits per heavy atom. The summed E-state index contributed by atoms with van der Waals surface area (Å²) in [4.78, 5) is 2.38. The molecule has 0 radical (unpaired) electrons. The van der Waals surface area contributed by atoms with E-state index in [9.17, 15) is 13.2 Å². The number of hydrogen-bond donors (Lipinski definition) is 1. The fourth-order valence-electron chi connectivity index (χ4n) is 3.61. The lowest BCUT2D eigenvalue weighted by Crippen LogP contribution is -2.28. The molecule has 0 saturated heterocycles. The van der Waals surface area contributed by atoms with Crippen molar-refractivity contribution < 1.29 is 27.8 Å². The topological polar surface area (TPSA) is 41.9 Å². The van der Waals surface area contributed by atoms with Crippen LogP contribution in [0.5, 0.6) is 11.5 Å². The van der Waals surface area contributed by atoms with Crippen LogP contribution in [0, 0.1) is 6.92 Å². The number of halogens is 3. The zero-order valence-corrected chi connectivity index (χ0v) is 16.6. The fourth-order valence-corrected chi connectivity index (χ4v) is 3.61. The molecule has 0 fully saturated rings. The van der Waals surface area contributed by atoms with Crippen molar-refractivity contribution in [1.29, 1.82) is 0 Å². The second-order valence-corrected chi connectivity index (χ2v) is 7.47. The molecule has 0 spiro atoms. The molecule has 3 rings (SSSR count). The number of ether oxygens (including phenoxy) is 2. The molecule has 0 bridgehead atoms. The van der Waals surface area contributed by atoms with E-state index >= 15 is 0 Å². The van der Waals surface area contributed by atoms with E-state index in [-0.39, 0.29) is 24.7 Å². The van der Waals surface area contributed by atoms with Crippen molar-refractivity contribution >= 4 is 0 Å². The van der Waals surface area contributed by atoms with Gasteiger partial charge >= 0.3 is 6.36 Å². The molecule has 1 heterocycles. The van der Waals surface area contributed by atoms with Crippen LogP contribution in [0.4, 0.5) is 13.2 Å². The van der Waals surface area contributed by atoms with Gasteiger partial charge in [0.25, 0.3) is 0 Å². The first-order valence-corrected chi connectivity index (χ1v) is 9.70. The number of fused-ring (bicyclic) bond motifs is 1. The predicted molar refractivity (Wildman–Crippen MR) is 104 cm³/mol. The second-order valence-electron chi connectivity index (χ2n) is 7.47. The lowest BCUT2D eigenvalue weighted by molar-refractivity contribution is -0.275. The number of alkyl halides is 3. The normalized spacial score (nSPS) is 15.2. The molecule has 4 nitrogen and oxygen atoms in total. The van der Waals surface area contributed by atoms with E-state index in [1.165, 1.54) is 28.8 Å². The Morgan fingerprint density at radius 3 is 2.55 bits per heavy atom. The van der Waals surface area contributed by atoms with E-state index < -0.39 is 6.36 Å². The summed E-state index contributed by atoms with van der Waals surface area (Å²) in [7, 11) is 0. The molecule has 158 valence electrons. The molecule has 1 atom stereocenters. The summed E-state index contributed by atoms with van der Waals surface area (Å²) in [5.74, 6) is -0.404. The third kappa shape index (κ3) is 5.87. The third-order valence-electron chi connectivity index (χ3n) is 5.17. The summed E-state index contributed by atoms with van der Waals surface area (Å²) in [6.45, 7) is 5.63. The van der Waals surface area contributed by atoms with Crippen molar-refractivity contribution in [2.45, 2.75) is 52.2 Å². The number of aryl methyl sites for hydroxylation is 2. The van der Waals surface area contributed by atoms with Crippen LogP contribution in [0.1, 0.15) is 35.6 Å². The highest BCUT2D eigenvalue weighted by Crippen LogP contribution is 2.34. The maximum absolute atomic E-state index is 12.7. The minimum atomic E-state index is -4.80. The fraction of sp³-hybridized carbons (Fsp3) is 0.455. The van der Waals surface area contributed by atoms with Crippen molar-refractivity contribution in [1.82, 2.24) is 4.90 Å². The molecule has 0 amide bonds. The van der Waals surface area contributed by atoms with Crippen molar-refractivity contribution in [3.63, 3.8) is 0 Å². The maximum Gasteiger partial charge on any atom is 0.573 e. The molecule has 7 heteroatoms. The largest absolute Gasteiger partial charge is 0.573 e. The van der Waals surface area contributed by atoms with E-state index in [1.807, 2.05) is 0 Å². The van der Waals surface area contributed by atoms with Crippen LogP contribution in [0.3, 0.4) is 0 Å². The van der Waals surface area contributed by atoms with Crippen LogP contribution in [-0.4, -0.2) is 35.6 Å². The molecule has 29 heavy (non-hydrogen) atoms. The molecule has 1 aliphatic rings. The molecule has 2 aromatic rings. The molecular weight excluding hydrogens is 383 g/mol. The highest BCUT2D eigenvalue weighted by Gasteiger charge is 2.32. The molecule has 0 aromatic heterocycles. The van der Waals surface area contributed by atoms with Crippen molar-refractivity contribution in [3.05, 3.63) is 58.7 Å². The Bertz CT molecular complexity index is 839.